The first-order valence-corrected chi connectivity index (χ1v) is 10.7. The summed E-state index contributed by atoms with van der Waals surface area (Å²) in [6, 6.07) is 7.01. The summed E-state index contributed by atoms with van der Waals surface area (Å²) in [6.45, 7) is 3.65. The lowest BCUT2D eigenvalue weighted by Crippen LogP contribution is -2.32. The highest BCUT2D eigenvalue weighted by Gasteiger charge is 2.32. The van der Waals surface area contributed by atoms with Crippen LogP contribution in [-0.2, 0) is 16.2 Å². The molecule has 0 aliphatic rings. The second kappa shape index (κ2) is 7.69. The molecule has 1 N–H and O–H groups in total. The summed E-state index contributed by atoms with van der Waals surface area (Å²) in [5, 5.41) is 8.18. The minimum atomic E-state index is -4.62. The Kier molecular flexibility index (Phi) is 5.64. The molecule has 0 saturated heterocycles. The van der Waals surface area contributed by atoms with Crippen molar-refractivity contribution in [3.05, 3.63) is 69.7 Å². The van der Waals surface area contributed by atoms with Crippen molar-refractivity contribution in [1.29, 1.82) is 0 Å². The lowest BCUT2D eigenvalue weighted by Gasteiger charge is -2.19. The van der Waals surface area contributed by atoms with Crippen LogP contribution in [0.4, 0.5) is 13.2 Å². The van der Waals surface area contributed by atoms with Crippen molar-refractivity contribution in [3.8, 4) is 0 Å². The Bertz CT molecular complexity index is 1060. The number of halogens is 3. The summed E-state index contributed by atoms with van der Waals surface area (Å²) in [4.78, 5) is -0.431. The van der Waals surface area contributed by atoms with E-state index in [2.05, 4.69) is 9.82 Å². The Hall–Kier alpha value is -2.17. The van der Waals surface area contributed by atoms with E-state index in [4.69, 9.17) is 0 Å². The molecule has 0 radical (unpaired) electrons. The van der Waals surface area contributed by atoms with Gasteiger partial charge in [-0.1, -0.05) is 6.07 Å². The van der Waals surface area contributed by atoms with Gasteiger partial charge in [-0.2, -0.15) is 29.6 Å². The van der Waals surface area contributed by atoms with Crippen molar-refractivity contribution in [1.82, 2.24) is 14.5 Å². The number of benzene rings is 1. The molecule has 1 unspecified atom stereocenters. The molecule has 10 heteroatoms. The number of nitrogens with zero attached hydrogens (tertiary/aromatic N) is 2. The summed E-state index contributed by atoms with van der Waals surface area (Å²) < 4.78 is 68.0. The third-order valence-corrected chi connectivity index (χ3v) is 6.33. The number of thiophene rings is 1. The van der Waals surface area contributed by atoms with Crippen LogP contribution in [0.3, 0.4) is 0 Å². The zero-order valence-electron chi connectivity index (χ0n) is 15.1. The van der Waals surface area contributed by atoms with Crippen LogP contribution in [0.15, 0.2) is 52.1 Å². The van der Waals surface area contributed by atoms with Gasteiger partial charge in [0.15, 0.2) is 0 Å². The van der Waals surface area contributed by atoms with E-state index < -0.39 is 32.7 Å². The van der Waals surface area contributed by atoms with E-state index in [9.17, 15) is 21.6 Å². The van der Waals surface area contributed by atoms with Gasteiger partial charge in [-0.3, -0.25) is 4.68 Å². The largest absolute Gasteiger partial charge is 0.416 e. The molecular weight excluding hydrogens is 411 g/mol. The predicted molar refractivity (Wildman–Crippen MR) is 101 cm³/mol. The first-order chi connectivity index (χ1) is 13.1. The van der Waals surface area contributed by atoms with Crippen LogP contribution in [0.25, 0.3) is 0 Å². The summed E-state index contributed by atoms with van der Waals surface area (Å²) in [6.07, 6.45) is -4.62. The maximum atomic E-state index is 12.9. The van der Waals surface area contributed by atoms with Gasteiger partial charge in [-0.25, -0.2) is 13.1 Å². The van der Waals surface area contributed by atoms with Gasteiger partial charge in [0.1, 0.15) is 0 Å². The lowest BCUT2D eigenvalue weighted by atomic mass is 10.1. The summed E-state index contributed by atoms with van der Waals surface area (Å²) in [5.41, 5.74) is 1.50. The average molecular weight is 429 g/mol. The monoisotopic (exact) mass is 429 g/mol. The predicted octanol–water partition coefficient (Wildman–Crippen LogP) is 4.15. The van der Waals surface area contributed by atoms with Crippen LogP contribution in [-0.4, -0.2) is 24.7 Å². The smallest absolute Gasteiger partial charge is 0.261 e. The number of alkyl halides is 3. The molecule has 0 saturated carbocycles. The van der Waals surface area contributed by atoms with Crippen LogP contribution in [0.5, 0.6) is 0 Å². The van der Waals surface area contributed by atoms with Gasteiger partial charge < -0.3 is 0 Å². The zero-order valence-corrected chi connectivity index (χ0v) is 16.7. The Morgan fingerprint density at radius 2 is 1.96 bits per heavy atom. The van der Waals surface area contributed by atoms with Crippen LogP contribution in [0, 0.1) is 13.8 Å². The zero-order chi connectivity index (χ0) is 20.5. The molecule has 0 fully saturated rings. The second-order valence-corrected chi connectivity index (χ2v) is 8.87. The van der Waals surface area contributed by atoms with Gasteiger partial charge in [0.2, 0.25) is 10.0 Å². The maximum Gasteiger partial charge on any atom is 0.416 e. The van der Waals surface area contributed by atoms with E-state index in [1.54, 1.807) is 4.68 Å². The molecule has 2 aromatic heterocycles. The van der Waals surface area contributed by atoms with Crippen molar-refractivity contribution in [3.63, 3.8) is 0 Å². The highest BCUT2D eigenvalue weighted by atomic mass is 32.2. The van der Waals surface area contributed by atoms with E-state index in [1.165, 1.54) is 11.3 Å². The van der Waals surface area contributed by atoms with Crippen molar-refractivity contribution in [2.75, 3.05) is 6.54 Å². The summed E-state index contributed by atoms with van der Waals surface area (Å²) in [5.74, 6) is 0. The van der Waals surface area contributed by atoms with Crippen molar-refractivity contribution < 1.29 is 21.6 Å². The molecule has 1 atom stereocenters. The molecule has 28 heavy (non-hydrogen) atoms. The van der Waals surface area contributed by atoms with E-state index in [-0.39, 0.29) is 6.54 Å². The molecule has 0 aliphatic carbocycles. The van der Waals surface area contributed by atoms with E-state index >= 15 is 0 Å². The average Bonchev–Trinajstić information content (AvgIpc) is 3.25. The van der Waals surface area contributed by atoms with Crippen LogP contribution in [0.1, 0.15) is 28.6 Å². The van der Waals surface area contributed by atoms with E-state index in [1.807, 2.05) is 36.7 Å². The fourth-order valence-electron chi connectivity index (χ4n) is 2.88. The number of rotatable bonds is 6. The molecule has 0 spiro atoms. The molecule has 2 heterocycles. The SMILES string of the molecule is Cc1cc(C)n(C(CNS(=O)(=O)c2cccc(C(F)(F)F)c2)c2ccsc2)n1. The topological polar surface area (TPSA) is 64.0 Å². The van der Waals surface area contributed by atoms with Crippen molar-refractivity contribution >= 4 is 21.4 Å². The normalized spacial score (nSPS) is 13.6. The van der Waals surface area contributed by atoms with Crippen molar-refractivity contribution in [2.45, 2.75) is 31.0 Å². The molecule has 3 aromatic rings. The molecule has 1 aromatic carbocycles. The molecule has 0 amide bonds. The van der Waals surface area contributed by atoms with Gasteiger partial charge in [0.25, 0.3) is 0 Å². The Morgan fingerprint density at radius 1 is 1.21 bits per heavy atom. The minimum absolute atomic E-state index is 0.0444. The minimum Gasteiger partial charge on any atom is -0.261 e. The molecule has 5 nitrogen and oxygen atoms in total. The van der Waals surface area contributed by atoms with Crippen LogP contribution < -0.4 is 4.72 Å². The Balaban J connectivity index is 1.88. The van der Waals surface area contributed by atoms with E-state index in [0.717, 1.165) is 35.2 Å². The molecule has 0 aliphatic heterocycles. The summed E-state index contributed by atoms with van der Waals surface area (Å²) in [7, 11) is -4.13. The highest BCUT2D eigenvalue weighted by Crippen LogP contribution is 2.30. The number of hydrogen-bond acceptors (Lipinski definition) is 4. The molecule has 3 rings (SSSR count). The van der Waals surface area contributed by atoms with Gasteiger partial charge in [0, 0.05) is 12.2 Å². The number of hydrogen-bond donors (Lipinski definition) is 1. The summed E-state index contributed by atoms with van der Waals surface area (Å²) >= 11 is 1.47. The molecule has 0 bridgehead atoms. The number of nitrogens with one attached hydrogen (secondary N) is 1. The quantitative estimate of drug-likeness (QED) is 0.640. The van der Waals surface area contributed by atoms with Crippen LogP contribution in [0.2, 0.25) is 0 Å². The third kappa shape index (κ3) is 4.45. The van der Waals surface area contributed by atoms with Gasteiger partial charge in [0.05, 0.1) is 22.2 Å². The number of aryl methyl sites for hydroxylation is 2. The first kappa shape index (κ1) is 20.6. The first-order valence-electron chi connectivity index (χ1n) is 8.30. The fourth-order valence-corrected chi connectivity index (χ4v) is 4.67. The van der Waals surface area contributed by atoms with Gasteiger partial charge in [-0.05, 0) is 60.5 Å². The molecular formula is C18H18F3N3O2S2. The molecule has 150 valence electrons. The number of sulfonamides is 1. The lowest BCUT2D eigenvalue weighted by molar-refractivity contribution is -0.137. The Labute approximate surface area is 164 Å². The Morgan fingerprint density at radius 3 is 2.54 bits per heavy atom. The standard InChI is InChI=1S/C18H18F3N3O2S2/c1-12-8-13(2)24(23-12)17(14-6-7-27-11-14)10-22-28(25,26)16-5-3-4-15(9-16)18(19,20)21/h3-9,11,17,22H,10H2,1-2H3. The van der Waals surface area contributed by atoms with Crippen molar-refractivity contribution in [2.24, 2.45) is 0 Å². The van der Waals surface area contributed by atoms with Gasteiger partial charge in [-0.15, -0.1) is 0 Å². The maximum absolute atomic E-state index is 12.9. The fraction of sp³-hybridized carbons (Fsp3) is 0.278. The number of aromatic nitrogens is 2. The highest BCUT2D eigenvalue weighted by molar-refractivity contribution is 7.89. The van der Waals surface area contributed by atoms with E-state index in [0.29, 0.717) is 6.07 Å². The van der Waals surface area contributed by atoms with Gasteiger partial charge >= 0.3 is 6.18 Å². The second-order valence-electron chi connectivity index (χ2n) is 6.32. The third-order valence-electron chi connectivity index (χ3n) is 4.21. The van der Waals surface area contributed by atoms with Crippen LogP contribution >= 0.6 is 11.3 Å².